The second-order valence-corrected chi connectivity index (χ2v) is 15.6. The van der Waals surface area contributed by atoms with Crippen molar-refractivity contribution in [3.05, 3.63) is 123 Å². The minimum atomic E-state index is -1.41. The number of carbonyl (C=O) groups excluding carboxylic acids is 2. The van der Waals surface area contributed by atoms with Gasteiger partial charge in [0, 0.05) is 53.6 Å². The van der Waals surface area contributed by atoms with E-state index in [1.165, 1.54) is 36.4 Å². The zero-order valence-corrected chi connectivity index (χ0v) is 32.8. The summed E-state index contributed by atoms with van der Waals surface area (Å²) >= 11 is 0. The van der Waals surface area contributed by atoms with Crippen molar-refractivity contribution >= 4 is 11.6 Å². The van der Waals surface area contributed by atoms with E-state index in [1.807, 2.05) is 46.8 Å². The van der Waals surface area contributed by atoms with Crippen molar-refractivity contribution < 1.29 is 54.8 Å². The quantitative estimate of drug-likeness (QED) is 0.0536. The highest BCUT2D eigenvalue weighted by atomic mass is 16.6. The van der Waals surface area contributed by atoms with Gasteiger partial charge in [-0.25, -0.2) is 0 Å². The van der Waals surface area contributed by atoms with E-state index in [4.69, 9.17) is 9.47 Å². The maximum atomic E-state index is 14.9. The number of fused-ring (bicyclic) bond motifs is 4. The van der Waals surface area contributed by atoms with Crippen molar-refractivity contribution in [1.82, 2.24) is 0 Å². The van der Waals surface area contributed by atoms with Gasteiger partial charge in [0.25, 0.3) is 0 Å². The molecule has 4 aromatic carbocycles. The van der Waals surface area contributed by atoms with Crippen molar-refractivity contribution in [3.8, 4) is 51.7 Å². The number of ketones is 2. The first-order chi connectivity index (χ1) is 26.9. The van der Waals surface area contributed by atoms with E-state index in [0.29, 0.717) is 23.1 Å². The molecule has 2 heterocycles. The SMILES string of the molecule is CC(C)=CCc1c(O)c(C(/C=C(/C)CC(C)c2ccc(O)cc2O)CC(=O)c2ccc(O)cc2O)c(O)c2c1OC1(CC=C(C)C)c3ccc(O)cc3OC1C2=O. The molecule has 0 saturated heterocycles. The Labute approximate surface area is 331 Å². The number of phenols is 7. The fourth-order valence-electron chi connectivity index (χ4n) is 7.85. The zero-order chi connectivity index (χ0) is 41.5. The molecule has 11 nitrogen and oxygen atoms in total. The third-order valence-electron chi connectivity index (χ3n) is 10.6. The van der Waals surface area contributed by atoms with Gasteiger partial charge < -0.3 is 45.2 Å². The molecule has 4 atom stereocenters. The number of phenolic OH excluding ortho intramolecular Hbond substituents is 7. The van der Waals surface area contributed by atoms with Crippen LogP contribution in [-0.4, -0.2) is 53.4 Å². The Morgan fingerprint density at radius 1 is 0.789 bits per heavy atom. The van der Waals surface area contributed by atoms with E-state index < -0.39 is 46.4 Å². The molecule has 0 fully saturated rings. The van der Waals surface area contributed by atoms with Crippen LogP contribution in [0.2, 0.25) is 0 Å². The van der Waals surface area contributed by atoms with Gasteiger partial charge in [-0.15, -0.1) is 0 Å². The van der Waals surface area contributed by atoms with Gasteiger partial charge in [0.1, 0.15) is 57.3 Å². The number of benzene rings is 4. The first kappa shape index (κ1) is 40.3. The van der Waals surface area contributed by atoms with E-state index in [-0.39, 0.29) is 81.9 Å². The fourth-order valence-corrected chi connectivity index (χ4v) is 7.85. The summed E-state index contributed by atoms with van der Waals surface area (Å²) in [5.74, 6) is -4.31. The Balaban J connectivity index is 1.55. The summed E-state index contributed by atoms with van der Waals surface area (Å²) in [6.45, 7) is 11.2. The van der Waals surface area contributed by atoms with Crippen LogP contribution in [0.5, 0.6) is 51.7 Å². The van der Waals surface area contributed by atoms with E-state index in [1.54, 1.807) is 25.1 Å². The summed E-state index contributed by atoms with van der Waals surface area (Å²) in [7, 11) is 0. The summed E-state index contributed by atoms with van der Waals surface area (Å²) in [5, 5.41) is 75.9. The second-order valence-electron chi connectivity index (χ2n) is 15.6. The first-order valence-corrected chi connectivity index (χ1v) is 18.8. The van der Waals surface area contributed by atoms with Gasteiger partial charge >= 0.3 is 0 Å². The van der Waals surface area contributed by atoms with Gasteiger partial charge in [-0.1, -0.05) is 47.9 Å². The number of aromatic hydroxyl groups is 7. The minimum Gasteiger partial charge on any atom is -0.508 e. The number of allylic oxidation sites excluding steroid dienone is 5. The summed E-state index contributed by atoms with van der Waals surface area (Å²) < 4.78 is 13.1. The molecule has 0 saturated carbocycles. The van der Waals surface area contributed by atoms with Gasteiger partial charge in [0.15, 0.2) is 11.4 Å². The van der Waals surface area contributed by atoms with Crippen LogP contribution in [0.25, 0.3) is 0 Å². The Morgan fingerprint density at radius 2 is 1.42 bits per heavy atom. The number of hydrogen-bond donors (Lipinski definition) is 7. The lowest BCUT2D eigenvalue weighted by atomic mass is 9.77. The molecule has 2 aliphatic rings. The number of carbonyl (C=O) groups is 2. The smallest absolute Gasteiger partial charge is 0.215 e. The van der Waals surface area contributed by atoms with Crippen molar-refractivity contribution in [2.24, 2.45) is 0 Å². The summed E-state index contributed by atoms with van der Waals surface area (Å²) in [6, 6.07) is 12.4. The predicted molar refractivity (Wildman–Crippen MR) is 214 cm³/mol. The highest BCUT2D eigenvalue weighted by molar-refractivity contribution is 6.08. The average Bonchev–Trinajstić information content (AvgIpc) is 3.43. The van der Waals surface area contributed by atoms with Crippen LogP contribution in [0, 0.1) is 0 Å². The average molecular weight is 777 g/mol. The Kier molecular flexibility index (Phi) is 11.1. The van der Waals surface area contributed by atoms with Gasteiger partial charge in [-0.2, -0.15) is 0 Å². The first-order valence-electron chi connectivity index (χ1n) is 18.8. The molecular formula is C46H48O11. The summed E-state index contributed by atoms with van der Waals surface area (Å²) in [6.07, 6.45) is 4.41. The van der Waals surface area contributed by atoms with Crippen LogP contribution in [0.4, 0.5) is 0 Å². The van der Waals surface area contributed by atoms with Gasteiger partial charge in [-0.05, 0) is 89.3 Å². The molecular weight excluding hydrogens is 728 g/mol. The Hall–Kier alpha value is -6.36. The molecule has 0 spiro atoms. The number of rotatable bonds is 12. The molecule has 11 heteroatoms. The lowest BCUT2D eigenvalue weighted by Gasteiger charge is -2.40. The molecule has 0 aromatic heterocycles. The lowest BCUT2D eigenvalue weighted by molar-refractivity contribution is -0.0170. The van der Waals surface area contributed by atoms with Crippen LogP contribution >= 0.6 is 0 Å². The summed E-state index contributed by atoms with van der Waals surface area (Å²) in [5.41, 5.74) is 1.98. The van der Waals surface area contributed by atoms with E-state index in [9.17, 15) is 45.3 Å². The van der Waals surface area contributed by atoms with Crippen LogP contribution in [0.15, 0.2) is 89.5 Å². The standard InChI is InChI=1S/C46H48O11/c1-23(2)7-11-33-41(53)39(42(54)40-43(55)45-46(57-44(33)40,16-15-24(3)4)34-14-10-30(49)22-38(34)56-45)27(19-35(50)32-13-9-29(48)21-37(32)52)18-25(5)17-26(6)31-12-8-28(47)20-36(31)51/h7-10,12-15,18,20-22,26-27,45,47-49,51-54H,11,16-17,19H2,1-6H3/b25-18-. The molecule has 0 amide bonds. The summed E-state index contributed by atoms with van der Waals surface area (Å²) in [4.78, 5) is 28.8. The molecule has 4 unspecified atom stereocenters. The molecule has 4 aromatic rings. The fraction of sp³-hybridized carbons (Fsp3) is 0.304. The number of ether oxygens (including phenoxy) is 2. The Bertz CT molecular complexity index is 2360. The number of Topliss-reactive ketones (excluding diaryl/α,β-unsaturated/α-hetero) is 2. The Morgan fingerprint density at radius 3 is 2.07 bits per heavy atom. The molecule has 6 rings (SSSR count). The molecule has 0 aliphatic carbocycles. The largest absolute Gasteiger partial charge is 0.508 e. The third-order valence-corrected chi connectivity index (χ3v) is 10.6. The molecule has 298 valence electrons. The highest BCUT2D eigenvalue weighted by Gasteiger charge is 2.59. The monoisotopic (exact) mass is 776 g/mol. The second kappa shape index (κ2) is 15.6. The van der Waals surface area contributed by atoms with Crippen LogP contribution < -0.4 is 9.47 Å². The molecule has 2 aliphatic heterocycles. The predicted octanol–water partition coefficient (Wildman–Crippen LogP) is 9.22. The van der Waals surface area contributed by atoms with E-state index >= 15 is 0 Å². The molecule has 0 bridgehead atoms. The maximum Gasteiger partial charge on any atom is 0.215 e. The highest BCUT2D eigenvalue weighted by Crippen LogP contribution is 2.58. The van der Waals surface area contributed by atoms with Crippen LogP contribution in [0.1, 0.15) is 116 Å². The van der Waals surface area contributed by atoms with Crippen molar-refractivity contribution in [2.75, 3.05) is 0 Å². The zero-order valence-electron chi connectivity index (χ0n) is 32.8. The van der Waals surface area contributed by atoms with Crippen LogP contribution in [-0.2, 0) is 12.0 Å². The third kappa shape index (κ3) is 7.74. The van der Waals surface area contributed by atoms with Crippen molar-refractivity contribution in [2.45, 2.75) is 90.8 Å². The van der Waals surface area contributed by atoms with Crippen LogP contribution in [0.3, 0.4) is 0 Å². The van der Waals surface area contributed by atoms with Crippen molar-refractivity contribution in [1.29, 1.82) is 0 Å². The lowest BCUT2D eigenvalue weighted by Crippen LogP contribution is -2.51. The molecule has 7 N–H and O–H groups in total. The van der Waals surface area contributed by atoms with Gasteiger partial charge in [0.05, 0.1) is 5.56 Å². The van der Waals surface area contributed by atoms with E-state index in [2.05, 4.69) is 0 Å². The maximum absolute atomic E-state index is 14.9. The minimum absolute atomic E-state index is 0.0300. The van der Waals surface area contributed by atoms with Crippen molar-refractivity contribution in [3.63, 3.8) is 0 Å². The van der Waals surface area contributed by atoms with Gasteiger partial charge in [0.2, 0.25) is 11.9 Å². The normalized spacial score (nSPS) is 18.0. The molecule has 0 radical (unpaired) electrons. The number of hydrogen-bond acceptors (Lipinski definition) is 11. The van der Waals surface area contributed by atoms with Gasteiger partial charge in [-0.3, -0.25) is 9.59 Å². The van der Waals surface area contributed by atoms with E-state index in [0.717, 1.165) is 17.2 Å². The topological polar surface area (TPSA) is 194 Å². The molecule has 57 heavy (non-hydrogen) atoms.